The molecule has 0 fully saturated rings. The molecule has 0 bridgehead atoms. The van der Waals surface area contributed by atoms with Crippen LogP contribution in [0.15, 0.2) is 24.3 Å². The van der Waals surface area contributed by atoms with Gasteiger partial charge in [0, 0.05) is 6.04 Å². The van der Waals surface area contributed by atoms with Crippen LogP contribution < -0.4 is 5.32 Å². The quantitative estimate of drug-likeness (QED) is 0.732. The van der Waals surface area contributed by atoms with E-state index in [0.717, 1.165) is 12.5 Å². The molecule has 0 saturated carbocycles. The Morgan fingerprint density at radius 2 is 1.82 bits per heavy atom. The summed E-state index contributed by atoms with van der Waals surface area (Å²) in [5, 5.41) is 3.63. The fourth-order valence-electron chi connectivity index (χ4n) is 2.43. The molecule has 0 aliphatic rings. The Morgan fingerprint density at radius 1 is 1.12 bits per heavy atom. The average Bonchev–Trinajstić information content (AvgIpc) is 2.34. The van der Waals surface area contributed by atoms with Crippen molar-refractivity contribution in [2.45, 2.75) is 53.0 Å². The molecular formula is C16H27N. The van der Waals surface area contributed by atoms with Gasteiger partial charge in [-0.2, -0.15) is 0 Å². The summed E-state index contributed by atoms with van der Waals surface area (Å²) in [6.07, 6.45) is 3.82. The van der Waals surface area contributed by atoms with E-state index in [-0.39, 0.29) is 0 Å². The van der Waals surface area contributed by atoms with Crippen molar-refractivity contribution < 1.29 is 0 Å². The van der Waals surface area contributed by atoms with Crippen molar-refractivity contribution in [3.63, 3.8) is 0 Å². The van der Waals surface area contributed by atoms with Crippen molar-refractivity contribution >= 4 is 0 Å². The fourth-order valence-corrected chi connectivity index (χ4v) is 2.43. The van der Waals surface area contributed by atoms with Crippen LogP contribution >= 0.6 is 0 Å². The van der Waals surface area contributed by atoms with Gasteiger partial charge < -0.3 is 5.32 Å². The number of aryl methyl sites for hydroxylation is 1. The highest BCUT2D eigenvalue weighted by Gasteiger charge is 2.15. The van der Waals surface area contributed by atoms with Crippen molar-refractivity contribution in [2.24, 2.45) is 5.92 Å². The van der Waals surface area contributed by atoms with E-state index >= 15 is 0 Å². The van der Waals surface area contributed by atoms with E-state index in [4.69, 9.17) is 0 Å². The van der Waals surface area contributed by atoms with E-state index in [1.54, 1.807) is 0 Å². The molecule has 0 amide bonds. The lowest BCUT2D eigenvalue weighted by Crippen LogP contribution is -2.23. The molecule has 96 valence electrons. The molecule has 1 aromatic carbocycles. The Hall–Kier alpha value is -0.820. The van der Waals surface area contributed by atoms with E-state index in [2.05, 4.69) is 57.3 Å². The fraction of sp³-hybridized carbons (Fsp3) is 0.625. The summed E-state index contributed by atoms with van der Waals surface area (Å²) in [5.41, 5.74) is 2.80. The van der Waals surface area contributed by atoms with Crippen molar-refractivity contribution in [1.82, 2.24) is 5.32 Å². The summed E-state index contributed by atoms with van der Waals surface area (Å²) in [7, 11) is 0. The van der Waals surface area contributed by atoms with Gasteiger partial charge in [-0.05, 0) is 31.4 Å². The number of hydrogen-bond acceptors (Lipinski definition) is 1. The molecule has 1 aromatic rings. The summed E-state index contributed by atoms with van der Waals surface area (Å²) >= 11 is 0. The SMILES string of the molecule is CCNC(CC(CC)CC)c1cccc(C)c1. The van der Waals surface area contributed by atoms with Gasteiger partial charge in [0.15, 0.2) is 0 Å². The number of hydrogen-bond donors (Lipinski definition) is 1. The molecule has 1 rings (SSSR count). The minimum Gasteiger partial charge on any atom is -0.310 e. The molecule has 0 saturated heterocycles. The first-order chi connectivity index (χ1) is 8.21. The second-order valence-corrected chi connectivity index (χ2v) is 4.94. The average molecular weight is 233 g/mol. The zero-order chi connectivity index (χ0) is 12.7. The van der Waals surface area contributed by atoms with Crippen molar-refractivity contribution in [3.8, 4) is 0 Å². The summed E-state index contributed by atoms with van der Waals surface area (Å²) in [5.74, 6) is 0.833. The molecular weight excluding hydrogens is 206 g/mol. The molecule has 0 aliphatic heterocycles. The highest BCUT2D eigenvalue weighted by Crippen LogP contribution is 2.25. The van der Waals surface area contributed by atoms with Crippen molar-refractivity contribution in [2.75, 3.05) is 6.54 Å². The summed E-state index contributed by atoms with van der Waals surface area (Å²) in [4.78, 5) is 0. The van der Waals surface area contributed by atoms with Gasteiger partial charge in [0.1, 0.15) is 0 Å². The maximum absolute atomic E-state index is 3.63. The summed E-state index contributed by atoms with van der Waals surface area (Å²) < 4.78 is 0. The third-order valence-corrected chi connectivity index (χ3v) is 3.62. The van der Waals surface area contributed by atoms with Gasteiger partial charge >= 0.3 is 0 Å². The first-order valence-corrected chi connectivity index (χ1v) is 7.01. The third-order valence-electron chi connectivity index (χ3n) is 3.62. The van der Waals surface area contributed by atoms with Gasteiger partial charge in [-0.1, -0.05) is 63.4 Å². The Labute approximate surface area is 107 Å². The number of benzene rings is 1. The van der Waals surface area contributed by atoms with Crippen LogP contribution in [-0.4, -0.2) is 6.54 Å². The minimum absolute atomic E-state index is 0.518. The number of rotatable bonds is 7. The highest BCUT2D eigenvalue weighted by molar-refractivity contribution is 5.25. The molecule has 0 aliphatic carbocycles. The van der Waals surface area contributed by atoms with Crippen LogP contribution in [0.1, 0.15) is 57.2 Å². The van der Waals surface area contributed by atoms with Gasteiger partial charge in [0.05, 0.1) is 0 Å². The second kappa shape index (κ2) is 7.50. The van der Waals surface area contributed by atoms with Gasteiger partial charge in [-0.15, -0.1) is 0 Å². The highest BCUT2D eigenvalue weighted by atomic mass is 14.9. The van der Waals surface area contributed by atoms with Crippen LogP contribution in [0.25, 0.3) is 0 Å². The van der Waals surface area contributed by atoms with E-state index in [1.165, 1.54) is 30.4 Å². The van der Waals surface area contributed by atoms with Gasteiger partial charge in [0.25, 0.3) is 0 Å². The van der Waals surface area contributed by atoms with E-state index in [9.17, 15) is 0 Å². The van der Waals surface area contributed by atoms with Crippen molar-refractivity contribution in [1.29, 1.82) is 0 Å². The maximum atomic E-state index is 3.63. The monoisotopic (exact) mass is 233 g/mol. The van der Waals surface area contributed by atoms with Crippen LogP contribution in [0, 0.1) is 12.8 Å². The predicted molar refractivity (Wildman–Crippen MR) is 76.3 cm³/mol. The van der Waals surface area contributed by atoms with Crippen LogP contribution in [0.2, 0.25) is 0 Å². The Kier molecular flexibility index (Phi) is 6.28. The maximum Gasteiger partial charge on any atom is 0.0322 e. The zero-order valence-corrected chi connectivity index (χ0v) is 11.8. The standard InChI is InChI=1S/C16H27N/c1-5-14(6-2)12-16(17-7-3)15-10-8-9-13(4)11-15/h8-11,14,16-17H,5-7,12H2,1-4H3. The first kappa shape index (κ1) is 14.2. The lowest BCUT2D eigenvalue weighted by molar-refractivity contribution is 0.375. The molecule has 0 spiro atoms. The molecule has 0 aromatic heterocycles. The Balaban J connectivity index is 2.77. The van der Waals surface area contributed by atoms with Gasteiger partial charge in [0.2, 0.25) is 0 Å². The summed E-state index contributed by atoms with van der Waals surface area (Å²) in [6, 6.07) is 9.43. The smallest absolute Gasteiger partial charge is 0.0322 e. The van der Waals surface area contributed by atoms with E-state index in [1.807, 2.05) is 0 Å². The predicted octanol–water partition coefficient (Wildman–Crippen LogP) is 4.47. The molecule has 1 atom stereocenters. The second-order valence-electron chi connectivity index (χ2n) is 4.94. The lowest BCUT2D eigenvalue weighted by Gasteiger charge is -2.23. The molecule has 0 radical (unpaired) electrons. The summed E-state index contributed by atoms with van der Waals surface area (Å²) in [6.45, 7) is 10.00. The van der Waals surface area contributed by atoms with Crippen molar-refractivity contribution in [3.05, 3.63) is 35.4 Å². The number of nitrogens with one attached hydrogen (secondary N) is 1. The van der Waals surface area contributed by atoms with Crippen LogP contribution in [0.3, 0.4) is 0 Å². The normalized spacial score (nSPS) is 13.0. The lowest BCUT2D eigenvalue weighted by atomic mass is 9.90. The van der Waals surface area contributed by atoms with Crippen LogP contribution in [-0.2, 0) is 0 Å². The zero-order valence-electron chi connectivity index (χ0n) is 11.8. The van der Waals surface area contributed by atoms with Gasteiger partial charge in [-0.3, -0.25) is 0 Å². The Bertz CT molecular complexity index is 315. The van der Waals surface area contributed by atoms with E-state index in [0.29, 0.717) is 6.04 Å². The molecule has 1 nitrogen and oxygen atoms in total. The molecule has 1 N–H and O–H groups in total. The largest absolute Gasteiger partial charge is 0.310 e. The molecule has 1 heteroatoms. The Morgan fingerprint density at radius 3 is 2.35 bits per heavy atom. The molecule has 17 heavy (non-hydrogen) atoms. The molecule has 0 heterocycles. The van der Waals surface area contributed by atoms with Crippen LogP contribution in [0.5, 0.6) is 0 Å². The molecule has 1 unspecified atom stereocenters. The van der Waals surface area contributed by atoms with E-state index < -0.39 is 0 Å². The van der Waals surface area contributed by atoms with Crippen LogP contribution in [0.4, 0.5) is 0 Å². The first-order valence-electron chi connectivity index (χ1n) is 7.01. The topological polar surface area (TPSA) is 12.0 Å². The third kappa shape index (κ3) is 4.51. The van der Waals surface area contributed by atoms with Gasteiger partial charge in [-0.25, -0.2) is 0 Å². The minimum atomic E-state index is 0.518.